The van der Waals surface area contributed by atoms with E-state index < -0.39 is 17.0 Å². The lowest BCUT2D eigenvalue weighted by atomic mass is 9.93. The van der Waals surface area contributed by atoms with E-state index in [0.717, 1.165) is 12.1 Å². The molecule has 0 amide bonds. The average Bonchev–Trinajstić information content (AvgIpc) is 2.70. The molecule has 2 aromatic rings. The summed E-state index contributed by atoms with van der Waals surface area (Å²) < 4.78 is 5.92. The van der Waals surface area contributed by atoms with Crippen molar-refractivity contribution >= 4 is 17.9 Å². The van der Waals surface area contributed by atoms with Crippen LogP contribution in [-0.4, -0.2) is 42.5 Å². The van der Waals surface area contributed by atoms with Crippen LogP contribution in [0.2, 0.25) is 0 Å². The van der Waals surface area contributed by atoms with Gasteiger partial charge in [0.25, 0.3) is 0 Å². The Balaban J connectivity index is 1.88. The number of aromatic hydroxyl groups is 4. The number of rotatable bonds is 6. The smallest absolute Gasteiger partial charge is 0.189 e. The first-order valence-corrected chi connectivity index (χ1v) is 10.0. The Bertz CT molecular complexity index is 1140. The standard InChI is InChI=1S/C25H26O7/c1-24(2,31)10-4-11-25(3)12-9-17-22(30)18(14-21(29)23(17)32-25)20(28)7-5-15-13-16(26)6-8-19(15)27/h4-10,12-14,26-27,29-31H,11H2,1-3H3/b7-5+,10-4+. The Labute approximate surface area is 185 Å². The Hall–Kier alpha value is -3.71. The molecule has 1 aliphatic rings. The van der Waals surface area contributed by atoms with Gasteiger partial charge in [0.15, 0.2) is 17.3 Å². The van der Waals surface area contributed by atoms with Crippen molar-refractivity contribution in [2.24, 2.45) is 0 Å². The minimum Gasteiger partial charge on any atom is -0.508 e. The molecule has 0 radical (unpaired) electrons. The van der Waals surface area contributed by atoms with E-state index in [9.17, 15) is 30.3 Å². The molecule has 168 valence electrons. The van der Waals surface area contributed by atoms with Crippen molar-refractivity contribution in [3.63, 3.8) is 0 Å². The number of benzene rings is 2. The van der Waals surface area contributed by atoms with Gasteiger partial charge < -0.3 is 30.3 Å². The normalized spacial score (nSPS) is 18.1. The Morgan fingerprint density at radius 2 is 1.84 bits per heavy atom. The second-order valence-corrected chi connectivity index (χ2v) is 8.48. The van der Waals surface area contributed by atoms with E-state index in [2.05, 4.69) is 0 Å². The van der Waals surface area contributed by atoms with Crippen LogP contribution in [0.15, 0.2) is 48.6 Å². The van der Waals surface area contributed by atoms with E-state index in [1.54, 1.807) is 45.1 Å². The minimum atomic E-state index is -0.967. The molecule has 3 rings (SSSR count). The number of hydrogen-bond acceptors (Lipinski definition) is 7. The maximum absolute atomic E-state index is 12.6. The van der Waals surface area contributed by atoms with E-state index in [1.165, 1.54) is 24.3 Å². The second-order valence-electron chi connectivity index (χ2n) is 8.48. The SMILES string of the molecule is CC(C)(O)/C=C/CC1(C)C=Cc2c(O)c(C(=O)/C=C/c3cc(O)ccc3O)cc(O)c2O1. The molecule has 0 fully saturated rings. The van der Waals surface area contributed by atoms with Gasteiger partial charge in [-0.1, -0.05) is 12.2 Å². The molecule has 0 saturated heterocycles. The van der Waals surface area contributed by atoms with Gasteiger partial charge in [-0.15, -0.1) is 0 Å². The van der Waals surface area contributed by atoms with Gasteiger partial charge in [-0.2, -0.15) is 0 Å². The molecule has 7 nitrogen and oxygen atoms in total. The molecule has 1 unspecified atom stereocenters. The summed E-state index contributed by atoms with van der Waals surface area (Å²) in [4.78, 5) is 12.6. The summed E-state index contributed by atoms with van der Waals surface area (Å²) in [6.07, 6.45) is 9.52. The predicted molar refractivity (Wildman–Crippen MR) is 121 cm³/mol. The third-order valence-electron chi connectivity index (χ3n) is 4.95. The van der Waals surface area contributed by atoms with Crippen LogP contribution < -0.4 is 4.74 Å². The fourth-order valence-corrected chi connectivity index (χ4v) is 3.26. The van der Waals surface area contributed by atoms with Crippen molar-refractivity contribution < 1.29 is 35.1 Å². The number of carbonyl (C=O) groups excluding carboxylic acids is 1. The third kappa shape index (κ3) is 5.12. The summed E-state index contributed by atoms with van der Waals surface area (Å²) in [5, 5.41) is 50.3. The zero-order valence-electron chi connectivity index (χ0n) is 18.0. The number of carbonyl (C=O) groups is 1. The average molecular weight is 438 g/mol. The van der Waals surface area contributed by atoms with Gasteiger partial charge in [-0.3, -0.25) is 4.79 Å². The molecule has 1 aliphatic heterocycles. The molecule has 32 heavy (non-hydrogen) atoms. The first-order valence-electron chi connectivity index (χ1n) is 10.0. The Kier molecular flexibility index (Phi) is 6.05. The minimum absolute atomic E-state index is 0.0512. The number of phenolic OH excluding ortho intramolecular Hbond substituents is 4. The zero-order chi connectivity index (χ0) is 23.7. The van der Waals surface area contributed by atoms with E-state index in [1.807, 2.05) is 0 Å². The molecule has 7 heteroatoms. The monoisotopic (exact) mass is 438 g/mol. The van der Waals surface area contributed by atoms with Crippen LogP contribution in [0.1, 0.15) is 48.7 Å². The second kappa shape index (κ2) is 8.43. The molecule has 1 atom stereocenters. The lowest BCUT2D eigenvalue weighted by Gasteiger charge is -2.32. The van der Waals surface area contributed by atoms with E-state index >= 15 is 0 Å². The maximum atomic E-state index is 12.6. The van der Waals surface area contributed by atoms with Crippen LogP contribution in [0.5, 0.6) is 28.7 Å². The number of phenols is 4. The molecule has 2 aromatic carbocycles. The van der Waals surface area contributed by atoms with Crippen molar-refractivity contribution in [2.45, 2.75) is 38.4 Å². The third-order valence-corrected chi connectivity index (χ3v) is 4.95. The van der Waals surface area contributed by atoms with Crippen molar-refractivity contribution in [3.05, 3.63) is 65.3 Å². The van der Waals surface area contributed by atoms with Gasteiger partial charge in [0.05, 0.1) is 16.7 Å². The highest BCUT2D eigenvalue weighted by Gasteiger charge is 2.31. The van der Waals surface area contributed by atoms with E-state index in [4.69, 9.17) is 4.74 Å². The maximum Gasteiger partial charge on any atom is 0.189 e. The van der Waals surface area contributed by atoms with Crippen LogP contribution in [0.3, 0.4) is 0 Å². The van der Waals surface area contributed by atoms with Crippen LogP contribution in [0.25, 0.3) is 12.2 Å². The largest absolute Gasteiger partial charge is 0.508 e. The highest BCUT2D eigenvalue weighted by Crippen LogP contribution is 2.45. The van der Waals surface area contributed by atoms with Gasteiger partial charge in [0.1, 0.15) is 22.8 Å². The van der Waals surface area contributed by atoms with Gasteiger partial charge in [-0.25, -0.2) is 0 Å². The molecule has 0 bridgehead atoms. The van der Waals surface area contributed by atoms with Gasteiger partial charge in [-0.05, 0) is 69.3 Å². The van der Waals surface area contributed by atoms with Crippen LogP contribution in [0, 0.1) is 0 Å². The summed E-state index contributed by atoms with van der Waals surface area (Å²) in [7, 11) is 0. The molecule has 0 saturated carbocycles. The number of ketones is 1. The number of hydrogen-bond donors (Lipinski definition) is 5. The molecule has 1 heterocycles. The summed E-state index contributed by atoms with van der Waals surface area (Å²) in [5.74, 6) is -1.42. The first-order chi connectivity index (χ1) is 14.9. The fraction of sp³-hybridized carbons (Fsp3) is 0.240. The van der Waals surface area contributed by atoms with Crippen LogP contribution >= 0.6 is 0 Å². The molecule has 0 aliphatic carbocycles. The Morgan fingerprint density at radius 1 is 1.12 bits per heavy atom. The van der Waals surface area contributed by atoms with Crippen LogP contribution in [-0.2, 0) is 0 Å². The molecular formula is C25H26O7. The van der Waals surface area contributed by atoms with Gasteiger partial charge in [0, 0.05) is 12.0 Å². The molecule has 0 aromatic heterocycles. The first kappa shape index (κ1) is 23.0. The van der Waals surface area contributed by atoms with Crippen molar-refractivity contribution in [1.82, 2.24) is 0 Å². The van der Waals surface area contributed by atoms with Gasteiger partial charge in [0.2, 0.25) is 0 Å². The number of aliphatic hydroxyl groups is 1. The van der Waals surface area contributed by atoms with Crippen molar-refractivity contribution in [1.29, 1.82) is 0 Å². The molecule has 0 spiro atoms. The molecular weight excluding hydrogens is 412 g/mol. The lowest BCUT2D eigenvalue weighted by molar-refractivity contribution is 0.104. The topological polar surface area (TPSA) is 127 Å². The summed E-state index contributed by atoms with van der Waals surface area (Å²) in [5.41, 5.74) is -1.54. The summed E-state index contributed by atoms with van der Waals surface area (Å²) in [6, 6.07) is 5.00. The van der Waals surface area contributed by atoms with Crippen molar-refractivity contribution in [3.8, 4) is 28.7 Å². The lowest BCUT2D eigenvalue weighted by Crippen LogP contribution is -2.31. The summed E-state index contributed by atoms with van der Waals surface area (Å²) in [6.45, 7) is 5.09. The highest BCUT2D eigenvalue weighted by atomic mass is 16.5. The predicted octanol–water partition coefficient (Wildman–Crippen LogP) is 4.29. The van der Waals surface area contributed by atoms with E-state index in [0.29, 0.717) is 6.42 Å². The summed E-state index contributed by atoms with van der Waals surface area (Å²) >= 11 is 0. The van der Waals surface area contributed by atoms with Crippen LogP contribution in [0.4, 0.5) is 0 Å². The van der Waals surface area contributed by atoms with E-state index in [-0.39, 0.29) is 45.4 Å². The Morgan fingerprint density at radius 3 is 2.53 bits per heavy atom. The number of ether oxygens (including phenoxy) is 1. The number of fused-ring (bicyclic) bond motifs is 1. The quantitative estimate of drug-likeness (QED) is 0.197. The fourth-order valence-electron chi connectivity index (χ4n) is 3.26. The molecule has 5 N–H and O–H groups in total. The highest BCUT2D eigenvalue weighted by molar-refractivity contribution is 6.10. The number of allylic oxidation sites excluding steroid dienone is 1. The van der Waals surface area contributed by atoms with Crippen molar-refractivity contribution in [2.75, 3.05) is 0 Å². The zero-order valence-corrected chi connectivity index (χ0v) is 18.0. The van der Waals surface area contributed by atoms with Gasteiger partial charge >= 0.3 is 0 Å².